The van der Waals surface area contributed by atoms with Crippen LogP contribution in [0, 0.1) is 0 Å². The Balaban J connectivity index is 2.05. The molecular formula is C18H19NO4. The van der Waals surface area contributed by atoms with Gasteiger partial charge in [-0.25, -0.2) is 4.79 Å². The molecule has 2 aromatic carbocycles. The summed E-state index contributed by atoms with van der Waals surface area (Å²) in [6.45, 7) is 1.40. The van der Waals surface area contributed by atoms with Gasteiger partial charge in [0, 0.05) is 7.05 Å². The van der Waals surface area contributed by atoms with Crippen molar-refractivity contribution in [3.05, 3.63) is 60.2 Å². The summed E-state index contributed by atoms with van der Waals surface area (Å²) in [4.78, 5) is 23.9. The lowest BCUT2D eigenvalue weighted by Gasteiger charge is -2.17. The summed E-state index contributed by atoms with van der Waals surface area (Å²) < 4.78 is 10.8. The molecule has 23 heavy (non-hydrogen) atoms. The van der Waals surface area contributed by atoms with Crippen molar-refractivity contribution in [2.45, 2.75) is 19.6 Å². The maximum atomic E-state index is 12.2. The molecule has 2 aromatic rings. The lowest BCUT2D eigenvalue weighted by molar-refractivity contribution is -0.156. The highest BCUT2D eigenvalue weighted by molar-refractivity contribution is 6.01. The lowest BCUT2D eigenvalue weighted by atomic mass is 10.2. The molecule has 0 spiro atoms. The van der Waals surface area contributed by atoms with Crippen molar-refractivity contribution in [3.63, 3.8) is 0 Å². The van der Waals surface area contributed by atoms with Crippen LogP contribution in [0.2, 0.25) is 0 Å². The number of carbonyl (C=O) groups excluding carboxylic acids is 2. The molecule has 1 unspecified atom stereocenters. The minimum absolute atomic E-state index is 0.0977. The number of carbonyl (C=O) groups is 2. The summed E-state index contributed by atoms with van der Waals surface area (Å²) in [6.07, 6.45) is -1.28. The average Bonchev–Trinajstić information content (AvgIpc) is 2.58. The molecule has 5 heteroatoms. The number of ketones is 1. The fourth-order valence-corrected chi connectivity index (χ4v) is 2.00. The minimum atomic E-state index is -1.28. The molecule has 0 saturated carbocycles. The van der Waals surface area contributed by atoms with Gasteiger partial charge in [0.15, 0.2) is 5.78 Å². The first-order valence-corrected chi connectivity index (χ1v) is 7.26. The second-order valence-corrected chi connectivity index (χ2v) is 4.95. The molecule has 1 N–H and O–H groups in total. The summed E-state index contributed by atoms with van der Waals surface area (Å²) in [5.74, 6) is -0.687. The van der Waals surface area contributed by atoms with Gasteiger partial charge >= 0.3 is 5.97 Å². The smallest absolute Gasteiger partial charge is 0.355 e. The standard InChI is InChI=1S/C18H19NO4/c1-13(20)17(23-16-11-7-6-10-15(16)19-2)18(21)22-12-14-8-4-3-5-9-14/h3-11,17,19H,12H2,1-2H3. The number of anilines is 1. The highest BCUT2D eigenvalue weighted by atomic mass is 16.6. The Bertz CT molecular complexity index is 670. The monoisotopic (exact) mass is 313 g/mol. The topological polar surface area (TPSA) is 64.6 Å². The van der Waals surface area contributed by atoms with E-state index < -0.39 is 17.9 Å². The predicted molar refractivity (Wildman–Crippen MR) is 87.3 cm³/mol. The van der Waals surface area contributed by atoms with Crippen molar-refractivity contribution in [3.8, 4) is 5.75 Å². The number of Topliss-reactive ketones (excluding diaryl/α,β-unsaturated/α-hetero) is 1. The number of esters is 1. The molecule has 1 atom stereocenters. The SMILES string of the molecule is CNc1ccccc1OC(C(C)=O)C(=O)OCc1ccccc1. The molecule has 5 nitrogen and oxygen atoms in total. The maximum Gasteiger partial charge on any atom is 0.355 e. The van der Waals surface area contributed by atoms with Gasteiger partial charge in [0.25, 0.3) is 6.10 Å². The highest BCUT2D eigenvalue weighted by Gasteiger charge is 2.28. The fraction of sp³-hybridized carbons (Fsp3) is 0.222. The maximum absolute atomic E-state index is 12.2. The van der Waals surface area contributed by atoms with Gasteiger partial charge in [0.05, 0.1) is 5.69 Å². The first-order chi connectivity index (χ1) is 11.1. The predicted octanol–water partition coefficient (Wildman–Crippen LogP) is 2.81. The Labute approximate surface area is 135 Å². The number of benzene rings is 2. The molecule has 0 heterocycles. The van der Waals surface area contributed by atoms with Gasteiger partial charge in [-0.2, -0.15) is 0 Å². The van der Waals surface area contributed by atoms with E-state index in [1.54, 1.807) is 25.2 Å². The molecular weight excluding hydrogens is 294 g/mol. The van der Waals surface area contributed by atoms with Crippen molar-refractivity contribution in [1.82, 2.24) is 0 Å². The summed E-state index contributed by atoms with van der Waals surface area (Å²) in [6, 6.07) is 16.3. The molecule has 0 aliphatic carbocycles. The normalized spacial score (nSPS) is 11.4. The van der Waals surface area contributed by atoms with E-state index in [1.165, 1.54) is 6.92 Å². The molecule has 2 rings (SSSR count). The van der Waals surface area contributed by atoms with Crippen molar-refractivity contribution in [2.24, 2.45) is 0 Å². The van der Waals surface area contributed by atoms with E-state index in [2.05, 4.69) is 5.32 Å². The Morgan fingerprint density at radius 2 is 1.70 bits per heavy atom. The van der Waals surface area contributed by atoms with Crippen molar-refractivity contribution in [2.75, 3.05) is 12.4 Å². The highest BCUT2D eigenvalue weighted by Crippen LogP contribution is 2.24. The largest absolute Gasteiger partial charge is 0.469 e. The molecule has 0 fully saturated rings. The van der Waals surface area contributed by atoms with Gasteiger partial charge in [0.2, 0.25) is 0 Å². The van der Waals surface area contributed by atoms with Gasteiger partial charge in [-0.1, -0.05) is 42.5 Å². The third-order valence-electron chi connectivity index (χ3n) is 3.21. The van der Waals surface area contributed by atoms with E-state index in [4.69, 9.17) is 9.47 Å². The van der Waals surface area contributed by atoms with Crippen LogP contribution in [-0.4, -0.2) is 24.9 Å². The second kappa shape index (κ2) is 7.98. The van der Waals surface area contributed by atoms with E-state index in [0.717, 1.165) is 5.56 Å². The van der Waals surface area contributed by atoms with Crippen molar-refractivity contribution in [1.29, 1.82) is 0 Å². The Hall–Kier alpha value is -2.82. The average molecular weight is 313 g/mol. The Morgan fingerprint density at radius 1 is 1.04 bits per heavy atom. The van der Waals surface area contributed by atoms with Crippen LogP contribution >= 0.6 is 0 Å². The van der Waals surface area contributed by atoms with Crippen LogP contribution in [0.5, 0.6) is 5.75 Å². The summed E-state index contributed by atoms with van der Waals surface area (Å²) in [5.41, 5.74) is 1.54. The van der Waals surface area contributed by atoms with Crippen LogP contribution in [0.25, 0.3) is 0 Å². The molecule has 0 aromatic heterocycles. The number of para-hydroxylation sites is 2. The summed E-state index contributed by atoms with van der Waals surface area (Å²) in [5, 5.41) is 2.95. The van der Waals surface area contributed by atoms with E-state index in [1.807, 2.05) is 36.4 Å². The van der Waals surface area contributed by atoms with Crippen molar-refractivity contribution >= 4 is 17.4 Å². The number of hydrogen-bond donors (Lipinski definition) is 1. The number of ether oxygens (including phenoxy) is 2. The van der Waals surface area contributed by atoms with Gasteiger partial charge in [-0.15, -0.1) is 0 Å². The third-order valence-corrected chi connectivity index (χ3v) is 3.21. The number of hydrogen-bond acceptors (Lipinski definition) is 5. The van der Waals surface area contributed by atoms with E-state index in [9.17, 15) is 9.59 Å². The van der Waals surface area contributed by atoms with Gasteiger partial charge in [0.1, 0.15) is 12.4 Å². The first kappa shape index (κ1) is 16.5. The molecule has 0 saturated heterocycles. The molecule has 0 amide bonds. The zero-order valence-corrected chi connectivity index (χ0v) is 13.1. The van der Waals surface area contributed by atoms with E-state index in [0.29, 0.717) is 11.4 Å². The quantitative estimate of drug-likeness (QED) is 0.629. The molecule has 120 valence electrons. The van der Waals surface area contributed by atoms with Gasteiger partial charge < -0.3 is 14.8 Å². The van der Waals surface area contributed by atoms with Crippen LogP contribution in [0.3, 0.4) is 0 Å². The molecule has 0 radical (unpaired) electrons. The van der Waals surface area contributed by atoms with E-state index >= 15 is 0 Å². The fourth-order valence-electron chi connectivity index (χ4n) is 2.00. The van der Waals surface area contributed by atoms with Crippen LogP contribution in [0.1, 0.15) is 12.5 Å². The Morgan fingerprint density at radius 3 is 2.35 bits per heavy atom. The summed E-state index contributed by atoms with van der Waals surface area (Å²) >= 11 is 0. The number of nitrogens with one attached hydrogen (secondary N) is 1. The number of rotatable bonds is 7. The van der Waals surface area contributed by atoms with Crippen molar-refractivity contribution < 1.29 is 19.1 Å². The first-order valence-electron chi connectivity index (χ1n) is 7.26. The zero-order valence-electron chi connectivity index (χ0n) is 13.1. The lowest BCUT2D eigenvalue weighted by Crippen LogP contribution is -2.35. The zero-order chi connectivity index (χ0) is 16.7. The Kier molecular flexibility index (Phi) is 5.74. The minimum Gasteiger partial charge on any atom is -0.469 e. The third kappa shape index (κ3) is 4.57. The van der Waals surface area contributed by atoms with E-state index in [-0.39, 0.29) is 6.61 Å². The molecule has 0 aliphatic rings. The van der Waals surface area contributed by atoms with Crippen LogP contribution < -0.4 is 10.1 Å². The van der Waals surface area contributed by atoms with Crippen LogP contribution in [0.15, 0.2) is 54.6 Å². The van der Waals surface area contributed by atoms with Crippen LogP contribution in [-0.2, 0) is 20.9 Å². The molecule has 0 bridgehead atoms. The van der Waals surface area contributed by atoms with Crippen LogP contribution in [0.4, 0.5) is 5.69 Å². The van der Waals surface area contributed by atoms with Gasteiger partial charge in [-0.3, -0.25) is 4.79 Å². The summed E-state index contributed by atoms with van der Waals surface area (Å²) in [7, 11) is 1.73. The second-order valence-electron chi connectivity index (χ2n) is 4.95. The molecule has 0 aliphatic heterocycles. The van der Waals surface area contributed by atoms with Gasteiger partial charge in [-0.05, 0) is 24.6 Å².